The van der Waals surface area contributed by atoms with Crippen molar-refractivity contribution in [3.63, 3.8) is 0 Å². The van der Waals surface area contributed by atoms with Crippen LogP contribution in [-0.2, 0) is 14.3 Å². The third-order valence-corrected chi connectivity index (χ3v) is 8.65. The molecule has 0 bridgehead atoms. The summed E-state index contributed by atoms with van der Waals surface area (Å²) < 4.78 is 72.8. The van der Waals surface area contributed by atoms with E-state index >= 15 is 0 Å². The molecule has 0 saturated carbocycles. The van der Waals surface area contributed by atoms with Gasteiger partial charge in [-0.2, -0.15) is 5.26 Å². The molecule has 2 amide bonds. The van der Waals surface area contributed by atoms with Crippen molar-refractivity contribution in [3.05, 3.63) is 54.4 Å². The summed E-state index contributed by atoms with van der Waals surface area (Å²) in [5, 5.41) is 15.8. The highest BCUT2D eigenvalue weighted by atomic mass is 32.5. The molecule has 3 heterocycles. The molecule has 2 fully saturated rings. The topological polar surface area (TPSA) is 111 Å². The van der Waals surface area contributed by atoms with E-state index in [0.717, 1.165) is 34.9 Å². The number of anilines is 1. The van der Waals surface area contributed by atoms with Crippen LogP contribution in [0, 0.1) is 17.4 Å². The summed E-state index contributed by atoms with van der Waals surface area (Å²) in [4.78, 5) is 32.1. The number of rotatable bonds is 9. The maximum absolute atomic E-state index is 14.2. The molecule has 0 aliphatic carbocycles. The van der Waals surface area contributed by atoms with Crippen LogP contribution in [-0.4, -0.2) is 66.6 Å². The van der Waals surface area contributed by atoms with Crippen LogP contribution < -0.4 is 15.5 Å². The highest BCUT2D eigenvalue weighted by molar-refractivity contribution is 8.45. The molecule has 0 radical (unpaired) electrons. The lowest BCUT2D eigenvalue weighted by Gasteiger charge is -2.41. The fourth-order valence-corrected chi connectivity index (χ4v) is 5.87. The molecule has 224 valence electrons. The van der Waals surface area contributed by atoms with E-state index in [1.54, 1.807) is 0 Å². The Hall–Kier alpha value is -3.48. The molecule has 4 rings (SSSR count). The van der Waals surface area contributed by atoms with Gasteiger partial charge in [-0.15, -0.1) is 0 Å². The molecular formula is C26H31F5N6O3S. The van der Waals surface area contributed by atoms with E-state index in [9.17, 15) is 34.3 Å². The quantitative estimate of drug-likeness (QED) is 0.321. The van der Waals surface area contributed by atoms with Crippen molar-refractivity contribution in [3.8, 4) is 6.19 Å². The van der Waals surface area contributed by atoms with Gasteiger partial charge in [0, 0.05) is 43.2 Å². The number of carbonyl (C=O) groups is 2. The SMILES string of the molecule is CO[C@@H]1C[C@H](C(=O)N(c2ccc(S(F)(F)(F)(F)F)cc2)C(C(=O)NC(C)C2CCNC2)c2cccnc2)N(C#N)C1. The first-order chi connectivity index (χ1) is 19.1. The number of nitriles is 1. The third kappa shape index (κ3) is 6.88. The molecule has 41 heavy (non-hydrogen) atoms. The second kappa shape index (κ2) is 10.7. The Labute approximate surface area is 234 Å². The minimum atomic E-state index is -10.0. The minimum absolute atomic E-state index is 0.0640. The van der Waals surface area contributed by atoms with E-state index in [0.29, 0.717) is 6.54 Å². The average Bonchev–Trinajstić information content (AvgIpc) is 3.61. The van der Waals surface area contributed by atoms with E-state index in [4.69, 9.17) is 4.74 Å². The lowest BCUT2D eigenvalue weighted by Crippen LogP contribution is -2.52. The first kappa shape index (κ1) is 30.5. The van der Waals surface area contributed by atoms with E-state index in [1.165, 1.54) is 31.6 Å². The largest absolute Gasteiger partial charge is 0.379 e. The number of carbonyl (C=O) groups excluding carboxylic acids is 2. The Bertz CT molecular complexity index is 1300. The molecule has 3 unspecified atom stereocenters. The number of methoxy groups -OCH3 is 1. The number of ether oxygens (including phenoxy) is 1. The second-order valence-corrected chi connectivity index (χ2v) is 12.7. The van der Waals surface area contributed by atoms with Crippen LogP contribution in [0.2, 0.25) is 0 Å². The lowest BCUT2D eigenvalue weighted by molar-refractivity contribution is -0.128. The summed E-state index contributed by atoms with van der Waals surface area (Å²) in [6.07, 6.45) is 5.07. The van der Waals surface area contributed by atoms with Gasteiger partial charge >= 0.3 is 10.2 Å². The molecule has 2 aromatic rings. The maximum Gasteiger partial charge on any atom is 0.310 e. The highest BCUT2D eigenvalue weighted by Crippen LogP contribution is 3.02. The molecule has 2 aliphatic heterocycles. The van der Waals surface area contributed by atoms with E-state index < -0.39 is 45.1 Å². The molecule has 2 N–H and O–H groups in total. The summed E-state index contributed by atoms with van der Waals surface area (Å²) in [6.45, 7) is 3.32. The van der Waals surface area contributed by atoms with Gasteiger partial charge in [-0.3, -0.25) is 24.4 Å². The molecule has 2 saturated heterocycles. The number of benzene rings is 1. The monoisotopic (exact) mass is 602 g/mol. The zero-order valence-corrected chi connectivity index (χ0v) is 23.2. The summed E-state index contributed by atoms with van der Waals surface area (Å²) in [7, 11) is -8.60. The van der Waals surface area contributed by atoms with Gasteiger partial charge in [0.2, 0.25) is 5.91 Å². The highest BCUT2D eigenvalue weighted by Gasteiger charge is 2.65. The van der Waals surface area contributed by atoms with Crippen molar-refractivity contribution in [1.29, 1.82) is 5.26 Å². The van der Waals surface area contributed by atoms with Gasteiger partial charge in [0.25, 0.3) is 5.91 Å². The first-order valence-electron chi connectivity index (χ1n) is 12.9. The smallest absolute Gasteiger partial charge is 0.310 e. The van der Waals surface area contributed by atoms with Crippen LogP contribution >= 0.6 is 10.2 Å². The van der Waals surface area contributed by atoms with E-state index in [2.05, 4.69) is 15.6 Å². The van der Waals surface area contributed by atoms with Gasteiger partial charge in [0.05, 0.1) is 12.6 Å². The Morgan fingerprint density at radius 1 is 1.22 bits per heavy atom. The van der Waals surface area contributed by atoms with E-state index in [1.807, 2.05) is 13.1 Å². The number of hydrogen-bond donors (Lipinski definition) is 2. The van der Waals surface area contributed by atoms with E-state index in [-0.39, 0.29) is 48.3 Å². The Kier molecular flexibility index (Phi) is 7.98. The zero-order valence-electron chi connectivity index (χ0n) is 22.4. The summed E-state index contributed by atoms with van der Waals surface area (Å²) in [5.41, 5.74) is -0.00442. The normalized spacial score (nSPS) is 24.0. The molecule has 9 nitrogen and oxygen atoms in total. The molecule has 5 atom stereocenters. The van der Waals surface area contributed by atoms with Crippen molar-refractivity contribution in [1.82, 2.24) is 20.5 Å². The van der Waals surface area contributed by atoms with Crippen molar-refractivity contribution in [2.24, 2.45) is 5.92 Å². The van der Waals surface area contributed by atoms with Crippen LogP contribution in [0.25, 0.3) is 0 Å². The third-order valence-electron chi connectivity index (χ3n) is 7.49. The number of nitrogens with zero attached hydrogens (tertiary/aromatic N) is 4. The predicted octanol–water partition coefficient (Wildman–Crippen LogP) is 4.50. The van der Waals surface area contributed by atoms with Crippen LogP contribution in [0.4, 0.5) is 25.1 Å². The number of amides is 2. The van der Waals surface area contributed by atoms with Gasteiger partial charge in [-0.05, 0) is 62.7 Å². The van der Waals surface area contributed by atoms with Gasteiger partial charge in [0.1, 0.15) is 17.0 Å². The summed E-state index contributed by atoms with van der Waals surface area (Å²) in [6, 6.07) is 1.99. The lowest BCUT2D eigenvalue weighted by atomic mass is 9.98. The fraction of sp³-hybridized carbons (Fsp3) is 0.462. The molecule has 1 aromatic carbocycles. The van der Waals surface area contributed by atoms with Crippen molar-refractivity contribution < 1.29 is 33.8 Å². The van der Waals surface area contributed by atoms with Gasteiger partial charge in [-0.1, -0.05) is 25.5 Å². The van der Waals surface area contributed by atoms with Crippen LogP contribution in [0.1, 0.15) is 31.4 Å². The Balaban J connectivity index is 1.81. The van der Waals surface area contributed by atoms with Crippen molar-refractivity contribution >= 4 is 27.7 Å². The maximum atomic E-state index is 14.2. The van der Waals surface area contributed by atoms with Crippen LogP contribution in [0.15, 0.2) is 53.7 Å². The van der Waals surface area contributed by atoms with Gasteiger partial charge in [-0.25, -0.2) is 0 Å². The number of aromatic nitrogens is 1. The number of halogens is 5. The molecule has 2 aliphatic rings. The van der Waals surface area contributed by atoms with Crippen LogP contribution in [0.5, 0.6) is 0 Å². The summed E-state index contributed by atoms with van der Waals surface area (Å²) in [5.74, 6) is -1.33. The van der Waals surface area contributed by atoms with Crippen LogP contribution in [0.3, 0.4) is 0 Å². The number of pyridine rings is 1. The molecule has 1 aromatic heterocycles. The predicted molar refractivity (Wildman–Crippen MR) is 142 cm³/mol. The Morgan fingerprint density at radius 3 is 2.46 bits per heavy atom. The van der Waals surface area contributed by atoms with Gasteiger partial charge < -0.3 is 15.4 Å². The van der Waals surface area contributed by atoms with Crippen molar-refractivity contribution in [2.75, 3.05) is 31.6 Å². The molecular weight excluding hydrogens is 571 g/mol. The summed E-state index contributed by atoms with van der Waals surface area (Å²) >= 11 is 0. The van der Waals surface area contributed by atoms with Gasteiger partial charge in [0.15, 0.2) is 6.19 Å². The molecule has 0 spiro atoms. The number of nitrogens with one attached hydrogen (secondary N) is 2. The number of likely N-dealkylation sites (tertiary alicyclic amines) is 1. The molecule has 15 heteroatoms. The standard InChI is InChI=1S/C26H31F5N6O3S/c1-17(18-9-11-34-13-18)35-25(38)24(19-4-3-10-33-14-19)37(26(39)23-12-21(40-2)15-36(23)16-32)20-5-7-22(8-6-20)41(27,28,29,30)31/h3-8,10,14,17-18,21,23-24,34H,9,11-13,15H2,1-2H3,(H,35,38)/t17?,18?,21-,23-,24?/m1/s1. The minimum Gasteiger partial charge on any atom is -0.379 e. The zero-order chi connectivity index (χ0) is 30.1. The number of hydrogen-bond acceptors (Lipinski definition) is 7. The fourth-order valence-electron chi connectivity index (χ4n) is 5.22. The van der Waals surface area contributed by atoms with Crippen molar-refractivity contribution in [2.45, 2.75) is 48.9 Å². The average molecular weight is 603 g/mol. The first-order valence-corrected chi connectivity index (χ1v) is 14.9. The Morgan fingerprint density at radius 2 is 1.93 bits per heavy atom. The second-order valence-electron chi connectivity index (χ2n) is 10.3.